The number of rotatable bonds is 9. The first-order valence-corrected chi connectivity index (χ1v) is 7.26. The van der Waals surface area contributed by atoms with E-state index in [-0.39, 0.29) is 5.69 Å². The summed E-state index contributed by atoms with van der Waals surface area (Å²) in [6, 6.07) is 4.51. The molecule has 2 rings (SSSR count). The summed E-state index contributed by atoms with van der Waals surface area (Å²) in [5.41, 5.74) is 0.985. The fraction of sp³-hybridized carbons (Fsp3) is 0.385. The molecule has 1 heterocycles. The van der Waals surface area contributed by atoms with Crippen molar-refractivity contribution < 1.29 is 14.3 Å². The maximum atomic E-state index is 10.9. The Bertz CT molecular complexity index is 664. The van der Waals surface area contributed by atoms with E-state index in [1.54, 1.807) is 19.1 Å². The molecule has 9 nitrogen and oxygen atoms in total. The third-order valence-corrected chi connectivity index (χ3v) is 3.14. The molecule has 2 aromatic rings. The van der Waals surface area contributed by atoms with Gasteiger partial charge in [-0.15, -0.1) is 0 Å². The predicted octanol–water partition coefficient (Wildman–Crippen LogP) is 2.02. The van der Waals surface area contributed by atoms with Gasteiger partial charge in [-0.2, -0.15) is 0 Å². The highest BCUT2D eigenvalue weighted by molar-refractivity contribution is 6.30. The van der Waals surface area contributed by atoms with Gasteiger partial charge in [0.25, 0.3) is 11.6 Å². The van der Waals surface area contributed by atoms with Gasteiger partial charge in [-0.3, -0.25) is 10.1 Å². The Labute approximate surface area is 137 Å². The Kier molecular flexibility index (Phi) is 6.12. The molecular weight excluding hydrogens is 326 g/mol. The van der Waals surface area contributed by atoms with Crippen LogP contribution in [0, 0.1) is 17.0 Å². The van der Waals surface area contributed by atoms with E-state index < -0.39 is 4.92 Å². The normalized spacial score (nSPS) is 10.5. The largest absolute Gasteiger partial charge is 0.473 e. The summed E-state index contributed by atoms with van der Waals surface area (Å²) in [5.74, 6) is 0.377. The van der Waals surface area contributed by atoms with Crippen molar-refractivity contribution >= 4 is 23.0 Å². The maximum absolute atomic E-state index is 10.9. The standard InChI is InChI=1S/C13H16ClN5O4/c1-9-13(18-23-17-9)22-7-6-15-4-5-16-11-3-2-10(14)8-12(11)19(20)21/h2-3,8,15-16H,4-7H2,1H3. The molecule has 0 fully saturated rings. The van der Waals surface area contributed by atoms with Crippen molar-refractivity contribution in [3.05, 3.63) is 39.0 Å². The number of nitro groups is 1. The second kappa shape index (κ2) is 8.30. The number of nitrogens with one attached hydrogen (secondary N) is 2. The van der Waals surface area contributed by atoms with Crippen molar-refractivity contribution in [2.75, 3.05) is 31.6 Å². The number of benzene rings is 1. The molecule has 0 amide bonds. The quantitative estimate of drug-likeness (QED) is 0.404. The van der Waals surface area contributed by atoms with Gasteiger partial charge in [0.15, 0.2) is 0 Å². The molecule has 0 aliphatic heterocycles. The van der Waals surface area contributed by atoms with Gasteiger partial charge in [0.2, 0.25) is 0 Å². The lowest BCUT2D eigenvalue weighted by Gasteiger charge is -2.08. The van der Waals surface area contributed by atoms with E-state index in [0.717, 1.165) is 0 Å². The van der Waals surface area contributed by atoms with Crippen molar-refractivity contribution in [3.63, 3.8) is 0 Å². The molecular formula is C13H16ClN5O4. The zero-order valence-electron chi connectivity index (χ0n) is 12.4. The molecule has 124 valence electrons. The number of halogens is 1. The minimum atomic E-state index is -0.468. The number of aryl methyl sites for hydroxylation is 1. The Morgan fingerprint density at radius 3 is 2.87 bits per heavy atom. The van der Waals surface area contributed by atoms with Crippen molar-refractivity contribution in [3.8, 4) is 5.88 Å². The predicted molar refractivity (Wildman–Crippen MR) is 84.0 cm³/mol. The molecule has 0 atom stereocenters. The number of anilines is 1. The molecule has 0 bridgehead atoms. The number of nitrogens with zero attached hydrogens (tertiary/aromatic N) is 3. The first-order valence-electron chi connectivity index (χ1n) is 6.88. The molecule has 0 aliphatic carbocycles. The van der Waals surface area contributed by atoms with E-state index in [1.807, 2.05) is 0 Å². The average molecular weight is 342 g/mol. The topological polar surface area (TPSA) is 115 Å². The average Bonchev–Trinajstić information content (AvgIpc) is 2.92. The first kappa shape index (κ1) is 17.0. The van der Waals surface area contributed by atoms with Crippen molar-refractivity contribution in [2.45, 2.75) is 6.92 Å². The number of hydrogen-bond acceptors (Lipinski definition) is 8. The number of nitro benzene ring substituents is 1. The Balaban J connectivity index is 1.66. The molecule has 0 radical (unpaired) electrons. The van der Waals surface area contributed by atoms with Gasteiger partial charge >= 0.3 is 0 Å². The van der Waals surface area contributed by atoms with E-state index >= 15 is 0 Å². The van der Waals surface area contributed by atoms with Gasteiger partial charge in [-0.05, 0) is 24.2 Å². The summed E-state index contributed by atoms with van der Waals surface area (Å²) < 4.78 is 9.86. The van der Waals surface area contributed by atoms with Crippen LogP contribution in [0.3, 0.4) is 0 Å². The maximum Gasteiger partial charge on any atom is 0.293 e. The van der Waals surface area contributed by atoms with E-state index in [1.165, 1.54) is 6.07 Å². The molecule has 1 aromatic carbocycles. The Hall–Kier alpha value is -2.39. The third-order valence-electron chi connectivity index (χ3n) is 2.90. The Morgan fingerprint density at radius 2 is 2.17 bits per heavy atom. The van der Waals surface area contributed by atoms with Crippen LogP contribution in [0.15, 0.2) is 22.8 Å². The summed E-state index contributed by atoms with van der Waals surface area (Å²) in [4.78, 5) is 10.5. The smallest absolute Gasteiger partial charge is 0.293 e. The highest BCUT2D eigenvalue weighted by Gasteiger charge is 2.13. The lowest BCUT2D eigenvalue weighted by Crippen LogP contribution is -2.26. The summed E-state index contributed by atoms with van der Waals surface area (Å²) in [7, 11) is 0. The monoisotopic (exact) mass is 341 g/mol. The van der Waals surface area contributed by atoms with E-state index in [9.17, 15) is 10.1 Å². The van der Waals surface area contributed by atoms with Gasteiger partial charge in [0.1, 0.15) is 18.0 Å². The molecule has 1 aromatic heterocycles. The van der Waals surface area contributed by atoms with E-state index in [0.29, 0.717) is 48.5 Å². The van der Waals surface area contributed by atoms with Crippen molar-refractivity contribution in [2.24, 2.45) is 0 Å². The molecule has 10 heteroatoms. The SMILES string of the molecule is Cc1nonc1OCCNCCNc1ccc(Cl)cc1[N+](=O)[O-]. The zero-order valence-corrected chi connectivity index (χ0v) is 13.2. The highest BCUT2D eigenvalue weighted by Crippen LogP contribution is 2.27. The summed E-state index contributed by atoms with van der Waals surface area (Å²) in [6.07, 6.45) is 0. The van der Waals surface area contributed by atoms with Crippen LogP contribution >= 0.6 is 11.6 Å². The molecule has 0 unspecified atom stereocenters. The fourth-order valence-corrected chi connectivity index (χ4v) is 1.96. The third kappa shape index (κ3) is 5.08. The minimum absolute atomic E-state index is 0.0464. The molecule has 0 saturated carbocycles. The lowest BCUT2D eigenvalue weighted by molar-refractivity contribution is -0.383. The fourth-order valence-electron chi connectivity index (χ4n) is 1.79. The highest BCUT2D eigenvalue weighted by atomic mass is 35.5. The van der Waals surface area contributed by atoms with Crippen LogP contribution in [0.25, 0.3) is 0 Å². The second-order valence-corrected chi connectivity index (χ2v) is 5.04. The lowest BCUT2D eigenvalue weighted by atomic mass is 10.2. The minimum Gasteiger partial charge on any atom is -0.473 e. The van der Waals surface area contributed by atoms with E-state index in [4.69, 9.17) is 16.3 Å². The second-order valence-electron chi connectivity index (χ2n) is 4.60. The van der Waals surface area contributed by atoms with Crippen LogP contribution in [0.1, 0.15) is 5.69 Å². The number of aromatic nitrogens is 2. The van der Waals surface area contributed by atoms with Crippen LogP contribution < -0.4 is 15.4 Å². The zero-order chi connectivity index (χ0) is 16.7. The summed E-state index contributed by atoms with van der Waals surface area (Å²) in [5, 5.41) is 24.6. The van der Waals surface area contributed by atoms with Crippen LogP contribution in [-0.2, 0) is 0 Å². The molecule has 2 N–H and O–H groups in total. The van der Waals surface area contributed by atoms with Crippen LogP contribution in [0.4, 0.5) is 11.4 Å². The molecule has 0 aliphatic rings. The molecule has 0 saturated heterocycles. The number of ether oxygens (including phenoxy) is 1. The van der Waals surface area contributed by atoms with Crippen LogP contribution in [0.2, 0.25) is 5.02 Å². The summed E-state index contributed by atoms with van der Waals surface area (Å²) >= 11 is 5.76. The number of hydrogen-bond donors (Lipinski definition) is 2. The van der Waals surface area contributed by atoms with Crippen molar-refractivity contribution in [1.29, 1.82) is 0 Å². The summed E-state index contributed by atoms with van der Waals surface area (Å²) in [6.45, 7) is 3.88. The molecule has 0 spiro atoms. The molecule has 23 heavy (non-hydrogen) atoms. The van der Waals surface area contributed by atoms with Crippen molar-refractivity contribution in [1.82, 2.24) is 15.6 Å². The van der Waals surface area contributed by atoms with Gasteiger partial charge in [-0.25, -0.2) is 4.63 Å². The van der Waals surface area contributed by atoms with Crippen LogP contribution in [-0.4, -0.2) is 41.5 Å². The van der Waals surface area contributed by atoms with E-state index in [2.05, 4.69) is 25.6 Å². The first-order chi connectivity index (χ1) is 11.1. The Morgan fingerprint density at radius 1 is 1.35 bits per heavy atom. The van der Waals surface area contributed by atoms with Gasteiger partial charge in [0.05, 0.1) is 4.92 Å². The van der Waals surface area contributed by atoms with Gasteiger partial charge in [-0.1, -0.05) is 16.8 Å². The van der Waals surface area contributed by atoms with Crippen LogP contribution in [0.5, 0.6) is 5.88 Å². The van der Waals surface area contributed by atoms with Gasteiger partial charge in [0, 0.05) is 30.7 Å². The van der Waals surface area contributed by atoms with Gasteiger partial charge < -0.3 is 15.4 Å².